The molecule has 0 aliphatic heterocycles. The molecule has 3 heteroatoms. The van der Waals surface area contributed by atoms with Crippen molar-refractivity contribution < 1.29 is 4.74 Å². The summed E-state index contributed by atoms with van der Waals surface area (Å²) in [6.07, 6.45) is 1.88. The molecular formula is C19H19NOS. The zero-order valence-electron chi connectivity index (χ0n) is 13.1. The summed E-state index contributed by atoms with van der Waals surface area (Å²) in [6, 6.07) is 16.3. The van der Waals surface area contributed by atoms with E-state index >= 15 is 0 Å². The van der Waals surface area contributed by atoms with Gasteiger partial charge in [-0.15, -0.1) is 0 Å². The Bertz CT molecular complexity index is 728. The molecule has 0 aliphatic rings. The van der Waals surface area contributed by atoms with E-state index in [1.165, 1.54) is 22.9 Å². The highest BCUT2D eigenvalue weighted by Gasteiger charge is 2.05. The first-order valence-electron chi connectivity index (χ1n) is 7.22. The van der Waals surface area contributed by atoms with Gasteiger partial charge < -0.3 is 4.74 Å². The number of rotatable bonds is 5. The number of benzene rings is 2. The fourth-order valence-corrected chi connectivity index (χ4v) is 2.87. The molecule has 2 nitrogen and oxygen atoms in total. The molecule has 0 atom stereocenters. The van der Waals surface area contributed by atoms with Gasteiger partial charge in [0.25, 0.3) is 0 Å². The molecule has 0 unspecified atom stereocenters. The van der Waals surface area contributed by atoms with E-state index in [2.05, 4.69) is 32.0 Å². The SMILES string of the molecule is CCOc1ccccc1/C=C(\C#N)Sc1ccc(C)c(C)c1. The van der Waals surface area contributed by atoms with Crippen LogP contribution in [0.5, 0.6) is 5.75 Å². The van der Waals surface area contributed by atoms with Crippen molar-refractivity contribution in [2.45, 2.75) is 25.7 Å². The van der Waals surface area contributed by atoms with Crippen molar-refractivity contribution in [2.24, 2.45) is 0 Å². The fourth-order valence-electron chi connectivity index (χ4n) is 2.02. The van der Waals surface area contributed by atoms with Crippen LogP contribution in [0.4, 0.5) is 0 Å². The van der Waals surface area contributed by atoms with Gasteiger partial charge in [0, 0.05) is 10.5 Å². The van der Waals surface area contributed by atoms with Crippen molar-refractivity contribution in [3.63, 3.8) is 0 Å². The third-order valence-electron chi connectivity index (χ3n) is 3.32. The first-order chi connectivity index (χ1) is 10.6. The van der Waals surface area contributed by atoms with Crippen LogP contribution in [0.25, 0.3) is 6.08 Å². The van der Waals surface area contributed by atoms with Gasteiger partial charge in [0.05, 0.1) is 11.5 Å². The van der Waals surface area contributed by atoms with Crippen LogP contribution in [0.15, 0.2) is 52.3 Å². The molecule has 0 N–H and O–H groups in total. The minimum atomic E-state index is 0.608. The zero-order valence-corrected chi connectivity index (χ0v) is 13.9. The quantitative estimate of drug-likeness (QED) is 0.550. The lowest BCUT2D eigenvalue weighted by Gasteiger charge is -2.08. The van der Waals surface area contributed by atoms with Crippen molar-refractivity contribution in [1.29, 1.82) is 5.26 Å². The third kappa shape index (κ3) is 4.16. The molecule has 2 aromatic carbocycles. The predicted molar refractivity (Wildman–Crippen MR) is 93.0 cm³/mol. The van der Waals surface area contributed by atoms with Crippen LogP contribution >= 0.6 is 11.8 Å². The molecule has 0 aliphatic carbocycles. The monoisotopic (exact) mass is 309 g/mol. The van der Waals surface area contributed by atoms with E-state index in [-0.39, 0.29) is 0 Å². The Morgan fingerprint density at radius 2 is 1.95 bits per heavy atom. The Morgan fingerprint density at radius 1 is 1.18 bits per heavy atom. The second-order valence-electron chi connectivity index (χ2n) is 4.94. The molecule has 0 radical (unpaired) electrons. The summed E-state index contributed by atoms with van der Waals surface area (Å²) < 4.78 is 5.60. The van der Waals surface area contributed by atoms with Crippen molar-refractivity contribution in [2.75, 3.05) is 6.61 Å². The molecule has 0 aromatic heterocycles. The highest BCUT2D eigenvalue weighted by Crippen LogP contribution is 2.31. The maximum Gasteiger partial charge on any atom is 0.126 e. The van der Waals surface area contributed by atoms with Crippen LogP contribution in [-0.4, -0.2) is 6.61 Å². The summed E-state index contributed by atoms with van der Waals surface area (Å²) in [5, 5.41) is 9.41. The lowest BCUT2D eigenvalue weighted by Crippen LogP contribution is -1.93. The smallest absolute Gasteiger partial charge is 0.126 e. The van der Waals surface area contributed by atoms with Gasteiger partial charge in [-0.25, -0.2) is 0 Å². The molecule has 0 bridgehead atoms. The van der Waals surface area contributed by atoms with Crippen molar-refractivity contribution >= 4 is 17.8 Å². The van der Waals surface area contributed by atoms with Crippen molar-refractivity contribution in [1.82, 2.24) is 0 Å². The number of ether oxygens (including phenoxy) is 1. The van der Waals surface area contributed by atoms with Gasteiger partial charge in [-0.2, -0.15) is 5.26 Å². The standard InChI is InChI=1S/C19H19NOS/c1-4-21-19-8-6-5-7-16(19)12-18(13-20)22-17-10-9-14(2)15(3)11-17/h5-12H,4H2,1-3H3/b18-12+. The summed E-state index contributed by atoms with van der Waals surface area (Å²) in [4.78, 5) is 1.72. The summed E-state index contributed by atoms with van der Waals surface area (Å²) in [7, 11) is 0. The lowest BCUT2D eigenvalue weighted by molar-refractivity contribution is 0.339. The van der Waals surface area contributed by atoms with Crippen molar-refractivity contribution in [3.8, 4) is 11.8 Å². The van der Waals surface area contributed by atoms with Crippen LogP contribution in [0.2, 0.25) is 0 Å². The maximum atomic E-state index is 9.41. The zero-order chi connectivity index (χ0) is 15.9. The molecule has 0 saturated carbocycles. The third-order valence-corrected chi connectivity index (χ3v) is 4.24. The van der Waals surface area contributed by atoms with Crippen LogP contribution < -0.4 is 4.74 Å². The van der Waals surface area contributed by atoms with Gasteiger partial charge in [0.15, 0.2) is 0 Å². The molecule has 2 aromatic rings. The largest absolute Gasteiger partial charge is 0.493 e. The molecule has 0 fully saturated rings. The molecule has 22 heavy (non-hydrogen) atoms. The number of allylic oxidation sites excluding steroid dienone is 1. The number of thioether (sulfide) groups is 1. The van der Waals surface area contributed by atoms with E-state index in [0.717, 1.165) is 16.2 Å². The van der Waals surface area contributed by atoms with Gasteiger partial charge in [-0.05, 0) is 56.2 Å². The minimum absolute atomic E-state index is 0.608. The van der Waals surface area contributed by atoms with Crippen LogP contribution in [0.3, 0.4) is 0 Å². The molecular weight excluding hydrogens is 290 g/mol. The van der Waals surface area contributed by atoms with E-state index in [1.807, 2.05) is 43.3 Å². The summed E-state index contributed by atoms with van der Waals surface area (Å²) >= 11 is 1.48. The average molecular weight is 309 g/mol. The molecule has 0 amide bonds. The number of aryl methyl sites for hydroxylation is 2. The Morgan fingerprint density at radius 3 is 2.64 bits per heavy atom. The number of para-hydroxylation sites is 1. The second-order valence-corrected chi connectivity index (χ2v) is 6.05. The molecule has 0 heterocycles. The van der Waals surface area contributed by atoms with Gasteiger partial charge >= 0.3 is 0 Å². The topological polar surface area (TPSA) is 33.0 Å². The van der Waals surface area contributed by atoms with Gasteiger partial charge in [0.2, 0.25) is 0 Å². The van der Waals surface area contributed by atoms with Crippen LogP contribution in [0.1, 0.15) is 23.6 Å². The number of nitrogens with zero attached hydrogens (tertiary/aromatic N) is 1. The van der Waals surface area contributed by atoms with Crippen LogP contribution in [0, 0.1) is 25.2 Å². The Hall–Kier alpha value is -2.18. The van der Waals surface area contributed by atoms with Gasteiger partial charge in [-0.3, -0.25) is 0 Å². The average Bonchev–Trinajstić information content (AvgIpc) is 2.52. The van der Waals surface area contributed by atoms with E-state index in [4.69, 9.17) is 4.74 Å². The Kier molecular flexibility index (Phi) is 5.68. The highest BCUT2D eigenvalue weighted by molar-refractivity contribution is 8.03. The highest BCUT2D eigenvalue weighted by atomic mass is 32.2. The maximum absolute atomic E-state index is 9.41. The fraction of sp³-hybridized carbons (Fsp3) is 0.211. The molecule has 0 spiro atoms. The van der Waals surface area contributed by atoms with Gasteiger partial charge in [-0.1, -0.05) is 36.0 Å². The lowest BCUT2D eigenvalue weighted by atomic mass is 10.1. The van der Waals surface area contributed by atoms with Crippen LogP contribution in [-0.2, 0) is 0 Å². The summed E-state index contributed by atoms with van der Waals surface area (Å²) in [6.45, 7) is 6.73. The number of hydrogen-bond donors (Lipinski definition) is 0. The van der Waals surface area contributed by atoms with E-state index in [1.54, 1.807) is 0 Å². The predicted octanol–water partition coefficient (Wildman–Crippen LogP) is 5.36. The minimum Gasteiger partial charge on any atom is -0.493 e. The number of nitriles is 1. The van der Waals surface area contributed by atoms with E-state index in [9.17, 15) is 5.26 Å². The second kappa shape index (κ2) is 7.72. The molecule has 112 valence electrons. The van der Waals surface area contributed by atoms with E-state index < -0.39 is 0 Å². The first-order valence-corrected chi connectivity index (χ1v) is 8.04. The first kappa shape index (κ1) is 16.2. The van der Waals surface area contributed by atoms with Crippen molar-refractivity contribution in [3.05, 3.63) is 64.1 Å². The summed E-state index contributed by atoms with van der Waals surface area (Å²) in [5.41, 5.74) is 3.42. The number of hydrogen-bond acceptors (Lipinski definition) is 3. The summed E-state index contributed by atoms with van der Waals surface area (Å²) in [5.74, 6) is 0.804. The van der Waals surface area contributed by atoms with E-state index in [0.29, 0.717) is 11.5 Å². The molecule has 2 rings (SSSR count). The Labute approximate surface area is 136 Å². The molecule has 0 saturated heterocycles. The Balaban J connectivity index is 2.28. The normalized spacial score (nSPS) is 11.1. The van der Waals surface area contributed by atoms with Gasteiger partial charge in [0.1, 0.15) is 11.8 Å².